The molecule has 2 aromatic carbocycles. The summed E-state index contributed by atoms with van der Waals surface area (Å²) in [5, 5.41) is 2.06. The van der Waals surface area contributed by atoms with Crippen molar-refractivity contribution in [1.82, 2.24) is 0 Å². The first-order valence-corrected chi connectivity index (χ1v) is 8.03. The van der Waals surface area contributed by atoms with Gasteiger partial charge >= 0.3 is 0 Å². The largest absolute Gasteiger partial charge is 0.293 e. The van der Waals surface area contributed by atoms with E-state index in [1.54, 1.807) is 6.08 Å². The molecule has 1 atom stereocenters. The Hall–Kier alpha value is -1.45. The maximum atomic E-state index is 12.8. The van der Waals surface area contributed by atoms with E-state index in [2.05, 4.69) is 6.58 Å². The van der Waals surface area contributed by atoms with Crippen molar-refractivity contribution in [2.75, 3.05) is 6.26 Å². The number of hydrogen-bond donors (Lipinski definition) is 0. The molecule has 0 aromatic heterocycles. The molecule has 0 heterocycles. The van der Waals surface area contributed by atoms with Gasteiger partial charge in [-0.3, -0.25) is 4.79 Å². The Kier molecular flexibility index (Phi) is 5.10. The Labute approximate surface area is 129 Å². The summed E-state index contributed by atoms with van der Waals surface area (Å²) in [5.74, 6) is -0.190. The molecular weight excluding hydrogens is 284 g/mol. The van der Waals surface area contributed by atoms with E-state index in [0.717, 1.165) is 20.5 Å². The van der Waals surface area contributed by atoms with Gasteiger partial charge in [0.15, 0.2) is 5.78 Å². The molecule has 2 aromatic rings. The van der Waals surface area contributed by atoms with E-state index < -0.39 is 0 Å². The van der Waals surface area contributed by atoms with Crippen LogP contribution in [0.3, 0.4) is 0 Å². The number of carbonyl (C=O) groups excluding carboxylic acids is 1. The highest BCUT2D eigenvalue weighted by Crippen LogP contribution is 2.25. The van der Waals surface area contributed by atoms with Crippen LogP contribution in [0.5, 0.6) is 0 Å². The van der Waals surface area contributed by atoms with Crippen molar-refractivity contribution >= 4 is 44.7 Å². The van der Waals surface area contributed by atoms with Crippen molar-refractivity contribution in [2.24, 2.45) is 5.92 Å². The van der Waals surface area contributed by atoms with Crippen molar-refractivity contribution in [2.45, 2.75) is 6.42 Å². The predicted octanol–water partition coefficient (Wildman–Crippen LogP) is 4.91. The molecule has 20 heavy (non-hydrogen) atoms. The molecule has 0 bridgehead atoms. The van der Waals surface area contributed by atoms with Gasteiger partial charge in [-0.25, -0.2) is 0 Å². The van der Waals surface area contributed by atoms with Crippen molar-refractivity contribution in [1.29, 1.82) is 0 Å². The Morgan fingerprint density at radius 1 is 1.30 bits per heavy atom. The number of carbonyl (C=O) groups is 1. The van der Waals surface area contributed by atoms with Crippen molar-refractivity contribution in [3.8, 4) is 0 Å². The minimum absolute atomic E-state index is 0.0843. The summed E-state index contributed by atoms with van der Waals surface area (Å²) in [6.45, 7) is 3.73. The van der Waals surface area contributed by atoms with Crippen LogP contribution in [0, 0.1) is 5.92 Å². The zero-order valence-corrected chi connectivity index (χ0v) is 13.0. The number of fused-ring (bicyclic) bond motifs is 1. The second-order valence-corrected chi connectivity index (χ2v) is 6.04. The number of Topliss-reactive ketones (excluding diaryl/α,β-unsaturated/α-hetero) is 1. The summed E-state index contributed by atoms with van der Waals surface area (Å²) in [5.41, 5.74) is 0.742. The molecule has 3 heteroatoms. The summed E-state index contributed by atoms with van der Waals surface area (Å²) in [7, 11) is 0. The fourth-order valence-corrected chi connectivity index (χ4v) is 2.94. The Morgan fingerprint density at radius 2 is 2.00 bits per heavy atom. The van der Waals surface area contributed by atoms with Gasteiger partial charge in [0, 0.05) is 5.56 Å². The number of rotatable bonds is 5. The number of allylic oxidation sites excluding steroid dienone is 1. The van der Waals surface area contributed by atoms with Gasteiger partial charge in [-0.2, -0.15) is 0 Å². The van der Waals surface area contributed by atoms with E-state index in [1.807, 2.05) is 48.7 Å². The molecule has 0 spiro atoms. The molecule has 0 aliphatic rings. The summed E-state index contributed by atoms with van der Waals surface area (Å²) in [4.78, 5) is 12.8. The number of thiocarbonyl (C=S) groups is 1. The Balaban J connectivity index is 2.48. The summed E-state index contributed by atoms with van der Waals surface area (Å²) < 4.78 is 0.725. The van der Waals surface area contributed by atoms with Gasteiger partial charge in [0.25, 0.3) is 0 Å². The van der Waals surface area contributed by atoms with Crippen molar-refractivity contribution in [3.05, 3.63) is 60.7 Å². The van der Waals surface area contributed by atoms with Crippen LogP contribution in [0.15, 0.2) is 55.1 Å². The van der Waals surface area contributed by atoms with Crippen molar-refractivity contribution in [3.63, 3.8) is 0 Å². The standard InChI is InChI=1S/C17H16OS2/c1-3-7-15(17(19)20-2)16(18)14-11-6-9-12-8-4-5-10-13(12)14/h3-6,8-11,15H,1,7H2,2H3. The molecule has 0 aliphatic carbocycles. The molecule has 0 radical (unpaired) electrons. The monoisotopic (exact) mass is 300 g/mol. The zero-order valence-electron chi connectivity index (χ0n) is 11.3. The fraction of sp³-hybridized carbons (Fsp3) is 0.176. The zero-order chi connectivity index (χ0) is 14.5. The second-order valence-electron chi connectivity index (χ2n) is 4.49. The van der Waals surface area contributed by atoms with Gasteiger partial charge < -0.3 is 0 Å². The van der Waals surface area contributed by atoms with E-state index in [-0.39, 0.29) is 11.7 Å². The molecule has 1 nitrogen and oxygen atoms in total. The third kappa shape index (κ3) is 3.00. The van der Waals surface area contributed by atoms with Gasteiger partial charge in [-0.15, -0.1) is 18.3 Å². The molecule has 0 amide bonds. The molecule has 0 N–H and O–H groups in total. The van der Waals surface area contributed by atoms with Crippen LogP contribution in [0.1, 0.15) is 16.8 Å². The minimum atomic E-state index is -0.275. The highest BCUT2D eigenvalue weighted by molar-refractivity contribution is 8.22. The second kappa shape index (κ2) is 6.82. The van der Waals surface area contributed by atoms with E-state index in [9.17, 15) is 4.79 Å². The maximum absolute atomic E-state index is 12.8. The number of hydrogen-bond acceptors (Lipinski definition) is 3. The normalized spacial score (nSPS) is 12.1. The van der Waals surface area contributed by atoms with Crippen LogP contribution in [0.25, 0.3) is 10.8 Å². The van der Waals surface area contributed by atoms with Crippen LogP contribution >= 0.6 is 24.0 Å². The first-order valence-electron chi connectivity index (χ1n) is 6.39. The average Bonchev–Trinajstić information content (AvgIpc) is 2.50. The lowest BCUT2D eigenvalue weighted by atomic mass is 9.92. The van der Waals surface area contributed by atoms with Gasteiger partial charge in [-0.05, 0) is 23.4 Å². The first-order chi connectivity index (χ1) is 9.69. The summed E-state index contributed by atoms with van der Waals surface area (Å²) >= 11 is 6.80. The van der Waals surface area contributed by atoms with Crippen LogP contribution < -0.4 is 0 Å². The van der Waals surface area contributed by atoms with E-state index in [4.69, 9.17) is 12.2 Å². The molecule has 0 saturated heterocycles. The minimum Gasteiger partial charge on any atom is -0.293 e. The molecule has 102 valence electrons. The van der Waals surface area contributed by atoms with E-state index >= 15 is 0 Å². The number of ketones is 1. The lowest BCUT2D eigenvalue weighted by Gasteiger charge is -2.15. The predicted molar refractivity (Wildman–Crippen MR) is 92.7 cm³/mol. The Bertz CT molecular complexity index is 656. The van der Waals surface area contributed by atoms with Gasteiger partial charge in [-0.1, -0.05) is 60.8 Å². The smallest absolute Gasteiger partial charge is 0.172 e. The lowest BCUT2D eigenvalue weighted by Crippen LogP contribution is -2.20. The van der Waals surface area contributed by atoms with E-state index in [1.165, 1.54) is 11.8 Å². The number of benzene rings is 2. The molecule has 0 fully saturated rings. The van der Waals surface area contributed by atoms with Gasteiger partial charge in [0.1, 0.15) is 0 Å². The summed E-state index contributed by atoms with van der Waals surface area (Å²) in [6.07, 6.45) is 4.26. The highest BCUT2D eigenvalue weighted by atomic mass is 32.2. The van der Waals surface area contributed by atoms with Crippen LogP contribution in [0.4, 0.5) is 0 Å². The van der Waals surface area contributed by atoms with Crippen LogP contribution in [-0.2, 0) is 0 Å². The average molecular weight is 300 g/mol. The molecule has 2 rings (SSSR count). The number of thioether (sulfide) groups is 1. The molecule has 0 aliphatic heterocycles. The SMILES string of the molecule is C=CCC(C(=O)c1cccc2ccccc12)C(=S)SC. The third-order valence-corrected chi connectivity index (χ3v) is 4.73. The summed E-state index contributed by atoms with van der Waals surface area (Å²) in [6, 6.07) is 13.7. The maximum Gasteiger partial charge on any atom is 0.172 e. The third-order valence-electron chi connectivity index (χ3n) is 3.26. The Morgan fingerprint density at radius 3 is 2.70 bits per heavy atom. The molecule has 0 saturated carbocycles. The quantitative estimate of drug-likeness (QED) is 0.444. The van der Waals surface area contributed by atoms with Crippen LogP contribution in [0.2, 0.25) is 0 Å². The van der Waals surface area contributed by atoms with Crippen molar-refractivity contribution < 1.29 is 4.79 Å². The lowest BCUT2D eigenvalue weighted by molar-refractivity contribution is 0.0959. The van der Waals surface area contributed by atoms with Gasteiger partial charge in [0.2, 0.25) is 0 Å². The highest BCUT2D eigenvalue weighted by Gasteiger charge is 2.24. The molecule has 1 unspecified atom stereocenters. The topological polar surface area (TPSA) is 17.1 Å². The molecular formula is C17H16OS2. The van der Waals surface area contributed by atoms with E-state index in [0.29, 0.717) is 6.42 Å². The first kappa shape index (κ1) is 14.9. The van der Waals surface area contributed by atoms with Gasteiger partial charge in [0.05, 0.1) is 10.1 Å². The van der Waals surface area contributed by atoms with Crippen LogP contribution in [-0.4, -0.2) is 16.2 Å². The fourth-order valence-electron chi connectivity index (χ4n) is 2.25.